The number of nitrogens with one attached hydrogen (secondary N) is 1. The van der Waals surface area contributed by atoms with E-state index >= 15 is 0 Å². The largest absolute Gasteiger partial charge is 0.504 e. The number of nitriles is 1. The number of aromatic hydroxyl groups is 1. The fourth-order valence-electron chi connectivity index (χ4n) is 1.40. The van der Waals surface area contributed by atoms with Crippen molar-refractivity contribution in [2.45, 2.75) is 19.4 Å². The van der Waals surface area contributed by atoms with Crippen molar-refractivity contribution in [1.29, 1.82) is 5.26 Å². The van der Waals surface area contributed by atoms with Gasteiger partial charge in [-0.1, -0.05) is 13.0 Å². The van der Waals surface area contributed by atoms with Gasteiger partial charge in [-0.05, 0) is 30.7 Å². The maximum Gasteiger partial charge on any atom is 0.160 e. The van der Waals surface area contributed by atoms with Crippen LogP contribution in [0.4, 0.5) is 0 Å². The lowest BCUT2D eigenvalue weighted by atomic mass is 10.1. The van der Waals surface area contributed by atoms with Crippen LogP contribution in [-0.2, 0) is 0 Å². The SMILES string of the molecule is CCCNC(C#N)c1ccc(O)c(OC)c1. The van der Waals surface area contributed by atoms with Gasteiger partial charge in [0.05, 0.1) is 13.2 Å². The molecule has 86 valence electrons. The second-order valence-corrected chi connectivity index (χ2v) is 3.45. The van der Waals surface area contributed by atoms with Crippen LogP contribution in [-0.4, -0.2) is 18.8 Å². The van der Waals surface area contributed by atoms with Crippen molar-refractivity contribution in [3.63, 3.8) is 0 Å². The number of hydrogen-bond donors (Lipinski definition) is 2. The summed E-state index contributed by atoms with van der Waals surface area (Å²) in [5.41, 5.74) is 0.797. The van der Waals surface area contributed by atoms with E-state index in [0.717, 1.165) is 18.5 Å². The normalized spacial score (nSPS) is 11.8. The molecule has 4 nitrogen and oxygen atoms in total. The molecule has 4 heteroatoms. The van der Waals surface area contributed by atoms with E-state index < -0.39 is 0 Å². The minimum absolute atomic E-state index is 0.0819. The lowest BCUT2D eigenvalue weighted by Crippen LogP contribution is -2.20. The standard InChI is InChI=1S/C12H16N2O2/c1-3-6-14-10(8-13)9-4-5-11(15)12(7-9)16-2/h4-5,7,10,14-15H,3,6H2,1-2H3. The minimum atomic E-state index is -0.366. The monoisotopic (exact) mass is 220 g/mol. The van der Waals surface area contributed by atoms with Gasteiger partial charge in [-0.15, -0.1) is 0 Å². The third-order valence-corrected chi connectivity index (χ3v) is 2.26. The van der Waals surface area contributed by atoms with Gasteiger partial charge in [0.15, 0.2) is 11.5 Å². The summed E-state index contributed by atoms with van der Waals surface area (Å²) in [5.74, 6) is 0.467. The summed E-state index contributed by atoms with van der Waals surface area (Å²) in [6.07, 6.45) is 0.966. The molecule has 0 amide bonds. The summed E-state index contributed by atoms with van der Waals surface area (Å²) in [6.45, 7) is 2.82. The molecule has 0 aliphatic rings. The smallest absolute Gasteiger partial charge is 0.160 e. The third-order valence-electron chi connectivity index (χ3n) is 2.26. The van der Waals surface area contributed by atoms with Crippen LogP contribution in [0, 0.1) is 11.3 Å². The molecule has 0 radical (unpaired) electrons. The van der Waals surface area contributed by atoms with Crippen LogP contribution in [0.3, 0.4) is 0 Å². The molecule has 0 aliphatic heterocycles. The van der Waals surface area contributed by atoms with Crippen molar-refractivity contribution >= 4 is 0 Å². The zero-order valence-corrected chi connectivity index (χ0v) is 9.53. The summed E-state index contributed by atoms with van der Waals surface area (Å²) in [4.78, 5) is 0. The Kier molecular flexibility index (Phi) is 4.62. The molecular weight excluding hydrogens is 204 g/mol. The second kappa shape index (κ2) is 5.99. The number of hydrogen-bond acceptors (Lipinski definition) is 4. The van der Waals surface area contributed by atoms with Gasteiger partial charge in [-0.2, -0.15) is 5.26 Å². The topological polar surface area (TPSA) is 65.3 Å². The van der Waals surface area contributed by atoms with Gasteiger partial charge in [0.25, 0.3) is 0 Å². The van der Waals surface area contributed by atoms with Crippen LogP contribution in [0.1, 0.15) is 24.9 Å². The average Bonchev–Trinajstić information content (AvgIpc) is 2.32. The molecule has 0 fully saturated rings. The third kappa shape index (κ3) is 2.88. The number of phenols is 1. The van der Waals surface area contributed by atoms with E-state index in [-0.39, 0.29) is 11.8 Å². The molecule has 0 bridgehead atoms. The van der Waals surface area contributed by atoms with E-state index in [4.69, 9.17) is 10.00 Å². The summed E-state index contributed by atoms with van der Waals surface area (Å²) in [6, 6.07) is 6.73. The highest BCUT2D eigenvalue weighted by Gasteiger charge is 2.11. The Morgan fingerprint density at radius 1 is 1.56 bits per heavy atom. The summed E-state index contributed by atoms with van der Waals surface area (Å²) < 4.78 is 5.00. The lowest BCUT2D eigenvalue weighted by molar-refractivity contribution is 0.372. The van der Waals surface area contributed by atoms with Crippen LogP contribution in [0.15, 0.2) is 18.2 Å². The van der Waals surface area contributed by atoms with E-state index in [1.165, 1.54) is 13.2 Å². The Hall–Kier alpha value is -1.73. The quantitative estimate of drug-likeness (QED) is 0.796. The molecule has 0 aliphatic carbocycles. The van der Waals surface area contributed by atoms with Crippen LogP contribution in [0.5, 0.6) is 11.5 Å². The molecule has 1 aromatic rings. The fourth-order valence-corrected chi connectivity index (χ4v) is 1.40. The Morgan fingerprint density at radius 3 is 2.88 bits per heavy atom. The molecule has 1 rings (SSSR count). The van der Waals surface area contributed by atoms with Crippen molar-refractivity contribution in [2.75, 3.05) is 13.7 Å². The first-order valence-electron chi connectivity index (χ1n) is 5.22. The summed E-state index contributed by atoms with van der Waals surface area (Å²) >= 11 is 0. The zero-order valence-electron chi connectivity index (χ0n) is 9.53. The first kappa shape index (κ1) is 12.3. The van der Waals surface area contributed by atoms with Gasteiger partial charge in [0, 0.05) is 0 Å². The number of rotatable bonds is 5. The molecule has 1 atom stereocenters. The van der Waals surface area contributed by atoms with Gasteiger partial charge in [0.2, 0.25) is 0 Å². The Labute approximate surface area is 95.5 Å². The van der Waals surface area contributed by atoms with Crippen LogP contribution < -0.4 is 10.1 Å². The van der Waals surface area contributed by atoms with Crippen molar-refractivity contribution < 1.29 is 9.84 Å². The van der Waals surface area contributed by atoms with Crippen LogP contribution in [0.25, 0.3) is 0 Å². The van der Waals surface area contributed by atoms with Gasteiger partial charge >= 0.3 is 0 Å². The van der Waals surface area contributed by atoms with Crippen molar-refractivity contribution in [2.24, 2.45) is 0 Å². The highest BCUT2D eigenvalue weighted by Crippen LogP contribution is 2.28. The first-order chi connectivity index (χ1) is 7.72. The van der Waals surface area contributed by atoms with Gasteiger partial charge in [-0.25, -0.2) is 0 Å². The number of phenolic OH excluding ortho intramolecular Hbond substituents is 1. The summed E-state index contributed by atoms with van der Waals surface area (Å²) in [5, 5.41) is 21.6. The molecule has 0 aromatic heterocycles. The Balaban J connectivity index is 2.89. The lowest BCUT2D eigenvalue weighted by Gasteiger charge is -2.12. The number of ether oxygens (including phenoxy) is 1. The van der Waals surface area contributed by atoms with E-state index in [9.17, 15) is 5.11 Å². The molecule has 0 spiro atoms. The highest BCUT2D eigenvalue weighted by molar-refractivity contribution is 5.43. The zero-order chi connectivity index (χ0) is 12.0. The molecule has 1 unspecified atom stereocenters. The van der Waals surface area contributed by atoms with Crippen LogP contribution in [0.2, 0.25) is 0 Å². The number of nitrogens with zero attached hydrogens (tertiary/aromatic N) is 1. The second-order valence-electron chi connectivity index (χ2n) is 3.45. The highest BCUT2D eigenvalue weighted by atomic mass is 16.5. The minimum Gasteiger partial charge on any atom is -0.504 e. The van der Waals surface area contributed by atoms with Gasteiger partial charge in [-0.3, -0.25) is 5.32 Å². The van der Waals surface area contributed by atoms with Crippen molar-refractivity contribution in [1.82, 2.24) is 5.32 Å². The average molecular weight is 220 g/mol. The molecular formula is C12H16N2O2. The molecule has 1 aromatic carbocycles. The van der Waals surface area contributed by atoms with Crippen LogP contribution >= 0.6 is 0 Å². The maximum atomic E-state index is 9.44. The molecule has 0 saturated carbocycles. The maximum absolute atomic E-state index is 9.44. The van der Waals surface area contributed by atoms with E-state index in [0.29, 0.717) is 5.75 Å². The van der Waals surface area contributed by atoms with Crippen molar-refractivity contribution in [3.8, 4) is 17.6 Å². The van der Waals surface area contributed by atoms with E-state index in [2.05, 4.69) is 11.4 Å². The molecule has 0 heterocycles. The number of benzene rings is 1. The van der Waals surface area contributed by atoms with Gasteiger partial charge in [0.1, 0.15) is 6.04 Å². The molecule has 2 N–H and O–H groups in total. The molecule has 0 saturated heterocycles. The predicted octanol–water partition coefficient (Wildman–Crippen LogP) is 1.97. The van der Waals surface area contributed by atoms with Crippen molar-refractivity contribution in [3.05, 3.63) is 23.8 Å². The van der Waals surface area contributed by atoms with E-state index in [1.54, 1.807) is 12.1 Å². The van der Waals surface area contributed by atoms with E-state index in [1.807, 2.05) is 6.92 Å². The first-order valence-corrected chi connectivity index (χ1v) is 5.22. The number of methoxy groups -OCH3 is 1. The summed E-state index contributed by atoms with van der Waals surface area (Å²) in [7, 11) is 1.49. The van der Waals surface area contributed by atoms with Gasteiger partial charge < -0.3 is 9.84 Å². The molecule has 16 heavy (non-hydrogen) atoms. The predicted molar refractivity (Wildman–Crippen MR) is 61.3 cm³/mol. The Morgan fingerprint density at radius 2 is 2.31 bits per heavy atom. The Bertz CT molecular complexity index is 385. The fraction of sp³-hybridized carbons (Fsp3) is 0.417.